The maximum Gasteiger partial charge on any atom is 0.337 e. The number of hydrogen-bond acceptors (Lipinski definition) is 5. The normalized spacial score (nSPS) is 20.1. The molecule has 8 nitrogen and oxygen atoms in total. The Kier molecular flexibility index (Phi) is 6.66. The molecule has 1 fully saturated rings. The number of hydrazine groups is 1. The van der Waals surface area contributed by atoms with E-state index in [1.807, 2.05) is 15.8 Å². The molecule has 2 atom stereocenters. The van der Waals surface area contributed by atoms with Gasteiger partial charge in [0.05, 0.1) is 23.7 Å². The van der Waals surface area contributed by atoms with Crippen molar-refractivity contribution in [2.75, 3.05) is 11.9 Å². The van der Waals surface area contributed by atoms with E-state index < -0.39 is 12.0 Å². The molecule has 1 aliphatic heterocycles. The molecule has 9 heteroatoms. The van der Waals surface area contributed by atoms with Crippen LogP contribution >= 0.6 is 11.6 Å². The van der Waals surface area contributed by atoms with Crippen molar-refractivity contribution < 1.29 is 14.7 Å². The number of rotatable bonds is 7. The lowest BCUT2D eigenvalue weighted by Gasteiger charge is -2.40. The molecular weight excluding hydrogens is 382 g/mol. The second kappa shape index (κ2) is 9.18. The average molecular weight is 406 g/mol. The van der Waals surface area contributed by atoms with Crippen LogP contribution in [0.3, 0.4) is 0 Å². The molecule has 3 N–H and O–H groups in total. The summed E-state index contributed by atoms with van der Waals surface area (Å²) in [5, 5.41) is 14.4. The van der Waals surface area contributed by atoms with Crippen molar-refractivity contribution in [3.05, 3.63) is 47.5 Å². The van der Waals surface area contributed by atoms with Crippen LogP contribution in [0.5, 0.6) is 0 Å². The first-order chi connectivity index (χ1) is 13.5. The maximum absolute atomic E-state index is 13.0. The van der Waals surface area contributed by atoms with Crippen LogP contribution in [0.2, 0.25) is 5.02 Å². The molecule has 0 aliphatic carbocycles. The first kappa shape index (κ1) is 20.3. The second-order valence-electron chi connectivity index (χ2n) is 6.78. The third kappa shape index (κ3) is 4.70. The van der Waals surface area contributed by atoms with Crippen LogP contribution in [0.1, 0.15) is 49.1 Å². The Labute approximate surface area is 168 Å². The van der Waals surface area contributed by atoms with Crippen LogP contribution in [0.15, 0.2) is 36.9 Å². The highest BCUT2D eigenvalue weighted by atomic mass is 35.5. The number of carbonyl (C=O) groups excluding carboxylic acids is 1. The lowest BCUT2D eigenvalue weighted by atomic mass is 10.0. The third-order valence-corrected chi connectivity index (χ3v) is 5.05. The van der Waals surface area contributed by atoms with Crippen molar-refractivity contribution in [2.45, 2.75) is 44.8 Å². The number of amides is 1. The first-order valence-electron chi connectivity index (χ1n) is 9.33. The van der Waals surface area contributed by atoms with E-state index in [4.69, 9.17) is 11.6 Å². The zero-order valence-electron chi connectivity index (χ0n) is 15.6. The standard InChI is InChI=1S/C19H24ClN5O3/c1-2-3-9-25-16(6-7-17(23-25)24-10-8-21-12-24)18(26)22-15-5-4-13(20)11-14(15)19(27)28/h4-5,8,10-12,16-17,23H,2-3,6-7,9H2,1H3,(H,22,26)(H,27,28). The van der Waals surface area contributed by atoms with E-state index in [0.29, 0.717) is 18.0 Å². The third-order valence-electron chi connectivity index (χ3n) is 4.81. The van der Waals surface area contributed by atoms with Crippen LogP contribution in [0.25, 0.3) is 0 Å². The van der Waals surface area contributed by atoms with Crippen molar-refractivity contribution in [1.82, 2.24) is 20.0 Å². The maximum atomic E-state index is 13.0. The molecule has 1 aromatic carbocycles. The summed E-state index contributed by atoms with van der Waals surface area (Å²) >= 11 is 5.89. The lowest BCUT2D eigenvalue weighted by molar-refractivity contribution is -0.125. The fourth-order valence-corrected chi connectivity index (χ4v) is 3.50. The van der Waals surface area contributed by atoms with Crippen LogP contribution in [0.4, 0.5) is 5.69 Å². The Hall–Kier alpha value is -2.42. The Morgan fingerprint density at radius 2 is 2.21 bits per heavy atom. The van der Waals surface area contributed by atoms with Crippen molar-refractivity contribution >= 4 is 29.2 Å². The molecule has 1 aromatic heterocycles. The van der Waals surface area contributed by atoms with Gasteiger partial charge in [0, 0.05) is 24.0 Å². The van der Waals surface area contributed by atoms with Crippen LogP contribution in [-0.4, -0.2) is 44.1 Å². The molecule has 0 bridgehead atoms. The Balaban J connectivity index is 1.75. The molecule has 0 saturated carbocycles. The van der Waals surface area contributed by atoms with Gasteiger partial charge in [-0.15, -0.1) is 0 Å². The summed E-state index contributed by atoms with van der Waals surface area (Å²) < 4.78 is 1.98. The Morgan fingerprint density at radius 1 is 1.39 bits per heavy atom. The highest BCUT2D eigenvalue weighted by molar-refractivity contribution is 6.31. The monoisotopic (exact) mass is 405 g/mol. The predicted molar refractivity (Wildman–Crippen MR) is 106 cm³/mol. The van der Waals surface area contributed by atoms with Crippen molar-refractivity contribution in [3.8, 4) is 0 Å². The molecule has 0 radical (unpaired) electrons. The lowest BCUT2D eigenvalue weighted by Crippen LogP contribution is -2.57. The van der Waals surface area contributed by atoms with Gasteiger partial charge in [-0.1, -0.05) is 24.9 Å². The van der Waals surface area contributed by atoms with Crippen LogP contribution in [-0.2, 0) is 4.79 Å². The number of halogens is 1. The highest BCUT2D eigenvalue weighted by Crippen LogP contribution is 2.25. The number of nitrogens with one attached hydrogen (secondary N) is 2. The SMILES string of the molecule is CCCCN1NC(n2ccnc2)CCC1C(=O)Nc1ccc(Cl)cc1C(=O)O. The summed E-state index contributed by atoms with van der Waals surface area (Å²) in [7, 11) is 0. The predicted octanol–water partition coefficient (Wildman–Crippen LogP) is 3.14. The van der Waals surface area contributed by atoms with Crippen molar-refractivity contribution in [2.24, 2.45) is 0 Å². The van der Waals surface area contributed by atoms with Gasteiger partial charge in [0.25, 0.3) is 0 Å². The fourth-order valence-electron chi connectivity index (χ4n) is 3.33. The number of aromatic carboxylic acids is 1. The van der Waals surface area contributed by atoms with Gasteiger partial charge in [0.1, 0.15) is 6.04 Å². The number of carboxylic acid groups (broad SMARTS) is 1. The number of aromatic nitrogens is 2. The molecule has 28 heavy (non-hydrogen) atoms. The van der Waals surface area contributed by atoms with Gasteiger partial charge in [-0.05, 0) is 37.5 Å². The number of benzene rings is 1. The Morgan fingerprint density at radius 3 is 2.89 bits per heavy atom. The van der Waals surface area contributed by atoms with Gasteiger partial charge in [0.2, 0.25) is 5.91 Å². The average Bonchev–Trinajstić information content (AvgIpc) is 3.22. The molecule has 1 saturated heterocycles. The summed E-state index contributed by atoms with van der Waals surface area (Å²) in [6.07, 6.45) is 8.74. The smallest absolute Gasteiger partial charge is 0.337 e. The molecule has 2 aromatic rings. The summed E-state index contributed by atoms with van der Waals surface area (Å²) in [6.45, 7) is 2.81. The summed E-state index contributed by atoms with van der Waals surface area (Å²) in [5.74, 6) is -1.37. The zero-order chi connectivity index (χ0) is 20.1. The van der Waals surface area contributed by atoms with E-state index in [0.717, 1.165) is 19.3 Å². The molecule has 1 amide bonds. The summed E-state index contributed by atoms with van der Waals surface area (Å²) in [6, 6.07) is 4.02. The van der Waals surface area contributed by atoms with Gasteiger partial charge >= 0.3 is 5.97 Å². The van der Waals surface area contributed by atoms with Crippen molar-refractivity contribution in [1.29, 1.82) is 0 Å². The number of carbonyl (C=O) groups is 2. The minimum absolute atomic E-state index is 0.0268. The molecule has 0 spiro atoms. The largest absolute Gasteiger partial charge is 0.478 e. The molecule has 2 unspecified atom stereocenters. The molecule has 1 aliphatic rings. The van der Waals surface area contributed by atoms with E-state index >= 15 is 0 Å². The van der Waals surface area contributed by atoms with Crippen molar-refractivity contribution in [3.63, 3.8) is 0 Å². The summed E-state index contributed by atoms with van der Waals surface area (Å²) in [5.41, 5.74) is 3.63. The van der Waals surface area contributed by atoms with E-state index in [1.165, 1.54) is 12.1 Å². The van der Waals surface area contributed by atoms with Gasteiger partial charge in [-0.3, -0.25) is 4.79 Å². The summed E-state index contributed by atoms with van der Waals surface area (Å²) in [4.78, 5) is 28.5. The second-order valence-corrected chi connectivity index (χ2v) is 7.22. The molecule has 2 heterocycles. The fraction of sp³-hybridized carbons (Fsp3) is 0.421. The topological polar surface area (TPSA) is 99.5 Å². The molecule has 3 rings (SSSR count). The Bertz CT molecular complexity index is 827. The van der Waals surface area contributed by atoms with E-state index in [2.05, 4.69) is 22.7 Å². The van der Waals surface area contributed by atoms with E-state index in [1.54, 1.807) is 18.6 Å². The number of imidazole rings is 1. The van der Waals surface area contributed by atoms with E-state index in [9.17, 15) is 14.7 Å². The highest BCUT2D eigenvalue weighted by Gasteiger charge is 2.33. The van der Waals surface area contributed by atoms with Crippen LogP contribution < -0.4 is 10.7 Å². The minimum atomic E-state index is -1.14. The number of unbranched alkanes of at least 4 members (excludes halogenated alkanes) is 1. The minimum Gasteiger partial charge on any atom is -0.478 e. The number of anilines is 1. The molecule has 150 valence electrons. The number of carboxylic acids is 1. The van der Waals surface area contributed by atoms with Gasteiger partial charge in [0.15, 0.2) is 0 Å². The first-order valence-corrected chi connectivity index (χ1v) is 9.71. The van der Waals surface area contributed by atoms with E-state index in [-0.39, 0.29) is 23.3 Å². The molecular formula is C19H24ClN5O3. The zero-order valence-corrected chi connectivity index (χ0v) is 16.4. The van der Waals surface area contributed by atoms with Gasteiger partial charge in [-0.25, -0.2) is 20.2 Å². The van der Waals surface area contributed by atoms with Gasteiger partial charge < -0.3 is 15.0 Å². The quantitative estimate of drug-likeness (QED) is 0.654. The van der Waals surface area contributed by atoms with Crippen LogP contribution in [0, 0.1) is 0 Å². The number of hydrogen-bond donors (Lipinski definition) is 3. The number of nitrogens with zero attached hydrogens (tertiary/aromatic N) is 3. The van der Waals surface area contributed by atoms with Gasteiger partial charge in [-0.2, -0.15) is 0 Å².